The van der Waals surface area contributed by atoms with Gasteiger partial charge in [-0.05, 0) is 60.2 Å². The number of nitrogens with one attached hydrogen (secondary N) is 1. The molecular weight excluding hydrogens is 555 g/mol. The molecule has 0 unspecified atom stereocenters. The molecule has 0 aliphatic carbocycles. The lowest BCUT2D eigenvalue weighted by Crippen LogP contribution is -2.54. The van der Waals surface area contributed by atoms with Gasteiger partial charge in [-0.2, -0.15) is 12.7 Å². The van der Waals surface area contributed by atoms with Crippen LogP contribution in [0.4, 0.5) is 10.1 Å². The van der Waals surface area contributed by atoms with Crippen LogP contribution < -0.4 is 9.62 Å². The van der Waals surface area contributed by atoms with Gasteiger partial charge in [0.25, 0.3) is 0 Å². The van der Waals surface area contributed by atoms with Gasteiger partial charge < -0.3 is 10.2 Å². The van der Waals surface area contributed by atoms with Gasteiger partial charge in [0.15, 0.2) is 0 Å². The lowest BCUT2D eigenvalue weighted by molar-refractivity contribution is -0.140. The first-order chi connectivity index (χ1) is 19.8. The minimum absolute atomic E-state index is 0.0195. The second kappa shape index (κ2) is 14.4. The van der Waals surface area contributed by atoms with Crippen molar-refractivity contribution in [2.75, 3.05) is 31.5 Å². The zero-order valence-corrected chi connectivity index (χ0v) is 26.0. The molecule has 0 bridgehead atoms. The molecule has 0 aromatic heterocycles. The summed E-state index contributed by atoms with van der Waals surface area (Å²) in [5.74, 6) is -1.16. The average Bonchev–Trinajstić information content (AvgIpc) is 2.95. The third-order valence-corrected chi connectivity index (χ3v) is 8.68. The number of carbonyl (C=O) groups excluding carboxylic acids is 2. The number of nitrogens with zero attached hydrogens (tertiary/aromatic N) is 3. The van der Waals surface area contributed by atoms with Gasteiger partial charge in [0.1, 0.15) is 18.4 Å². The van der Waals surface area contributed by atoms with Crippen molar-refractivity contribution in [3.63, 3.8) is 0 Å². The summed E-state index contributed by atoms with van der Waals surface area (Å²) in [5.41, 5.74) is 3.34. The molecule has 0 aliphatic heterocycles. The van der Waals surface area contributed by atoms with Crippen LogP contribution in [-0.2, 0) is 32.8 Å². The molecule has 3 rings (SSSR count). The van der Waals surface area contributed by atoms with E-state index in [1.165, 1.54) is 31.1 Å². The summed E-state index contributed by atoms with van der Waals surface area (Å²) in [6, 6.07) is 19.5. The van der Waals surface area contributed by atoms with Crippen molar-refractivity contribution >= 4 is 27.7 Å². The molecule has 0 saturated heterocycles. The summed E-state index contributed by atoms with van der Waals surface area (Å²) in [7, 11) is -1.28. The minimum Gasteiger partial charge on any atom is -0.354 e. The normalized spacial score (nSPS) is 12.3. The second-order valence-electron chi connectivity index (χ2n) is 11.1. The van der Waals surface area contributed by atoms with Gasteiger partial charge in [-0.15, -0.1) is 0 Å². The number of aryl methyl sites for hydroxylation is 2. The smallest absolute Gasteiger partial charge is 0.304 e. The monoisotopic (exact) mass is 596 g/mol. The maximum absolute atomic E-state index is 14.3. The average molecular weight is 597 g/mol. The third kappa shape index (κ3) is 8.62. The molecular formula is C32H41FN4O4S. The number of halogens is 1. The lowest BCUT2D eigenvalue weighted by Gasteiger charge is -2.35. The van der Waals surface area contributed by atoms with E-state index in [2.05, 4.69) is 5.32 Å². The fourth-order valence-corrected chi connectivity index (χ4v) is 5.57. The first kappa shape index (κ1) is 32.8. The van der Waals surface area contributed by atoms with Gasteiger partial charge in [0, 0.05) is 33.6 Å². The Bertz CT molecular complexity index is 1460. The molecule has 3 aromatic rings. The quantitative estimate of drug-likeness (QED) is 0.315. The van der Waals surface area contributed by atoms with Crippen LogP contribution in [0.15, 0.2) is 72.8 Å². The Balaban J connectivity index is 2.11. The largest absolute Gasteiger partial charge is 0.354 e. The zero-order valence-electron chi connectivity index (χ0n) is 25.2. The van der Waals surface area contributed by atoms with Gasteiger partial charge in [-0.1, -0.05) is 68.4 Å². The first-order valence-corrected chi connectivity index (χ1v) is 15.3. The lowest BCUT2D eigenvalue weighted by atomic mass is 10.0. The molecule has 1 N–H and O–H groups in total. The van der Waals surface area contributed by atoms with Crippen LogP contribution >= 0.6 is 0 Å². The van der Waals surface area contributed by atoms with Crippen molar-refractivity contribution in [1.82, 2.24) is 14.5 Å². The molecule has 8 nitrogen and oxygen atoms in total. The Morgan fingerprint density at radius 1 is 0.905 bits per heavy atom. The number of anilines is 1. The van der Waals surface area contributed by atoms with Gasteiger partial charge in [0.05, 0.1) is 5.69 Å². The molecule has 10 heteroatoms. The van der Waals surface area contributed by atoms with E-state index in [4.69, 9.17) is 0 Å². The highest BCUT2D eigenvalue weighted by molar-refractivity contribution is 7.90. The van der Waals surface area contributed by atoms with Gasteiger partial charge in [-0.25, -0.2) is 8.70 Å². The van der Waals surface area contributed by atoms with Gasteiger partial charge in [-0.3, -0.25) is 9.59 Å². The van der Waals surface area contributed by atoms with E-state index in [0.717, 1.165) is 19.7 Å². The first-order valence-electron chi connectivity index (χ1n) is 13.9. The number of rotatable bonds is 13. The number of hydrogen-bond donors (Lipinski definition) is 1. The minimum atomic E-state index is -4.10. The fourth-order valence-electron chi connectivity index (χ4n) is 4.45. The van der Waals surface area contributed by atoms with E-state index in [1.54, 1.807) is 31.2 Å². The van der Waals surface area contributed by atoms with E-state index < -0.39 is 34.5 Å². The summed E-state index contributed by atoms with van der Waals surface area (Å²) in [5, 5.41) is 2.95. The van der Waals surface area contributed by atoms with Gasteiger partial charge >= 0.3 is 10.2 Å². The van der Waals surface area contributed by atoms with Crippen molar-refractivity contribution in [3.05, 3.63) is 101 Å². The number of amides is 2. The molecule has 0 aliphatic rings. The summed E-state index contributed by atoms with van der Waals surface area (Å²) in [6.07, 6.45) is 0.210. The molecule has 0 heterocycles. The van der Waals surface area contributed by atoms with Gasteiger partial charge in [0.2, 0.25) is 11.8 Å². The summed E-state index contributed by atoms with van der Waals surface area (Å²) < 4.78 is 43.1. The van der Waals surface area contributed by atoms with E-state index in [0.29, 0.717) is 23.4 Å². The Morgan fingerprint density at radius 2 is 1.55 bits per heavy atom. The second-order valence-corrected chi connectivity index (χ2v) is 13.1. The summed E-state index contributed by atoms with van der Waals surface area (Å²) in [4.78, 5) is 29.4. The number of benzene rings is 3. The van der Waals surface area contributed by atoms with Crippen LogP contribution in [0.1, 0.15) is 36.1 Å². The highest BCUT2D eigenvalue weighted by Gasteiger charge is 2.35. The molecule has 3 aromatic carbocycles. The maximum Gasteiger partial charge on any atom is 0.304 e. The van der Waals surface area contributed by atoms with Crippen molar-refractivity contribution in [3.8, 4) is 0 Å². The van der Waals surface area contributed by atoms with E-state index in [-0.39, 0.29) is 24.8 Å². The Morgan fingerprint density at radius 3 is 2.14 bits per heavy atom. The van der Waals surface area contributed by atoms with E-state index in [9.17, 15) is 22.4 Å². The van der Waals surface area contributed by atoms with E-state index >= 15 is 0 Å². The van der Waals surface area contributed by atoms with Crippen LogP contribution in [0, 0.1) is 25.6 Å². The van der Waals surface area contributed by atoms with Crippen molar-refractivity contribution < 1.29 is 22.4 Å². The predicted octanol–water partition coefficient (Wildman–Crippen LogP) is 4.47. The van der Waals surface area contributed by atoms with Crippen molar-refractivity contribution in [1.29, 1.82) is 0 Å². The predicted molar refractivity (Wildman–Crippen MR) is 165 cm³/mol. The molecule has 0 radical (unpaired) electrons. The summed E-state index contributed by atoms with van der Waals surface area (Å²) >= 11 is 0. The Kier molecular flexibility index (Phi) is 11.2. The molecule has 42 heavy (non-hydrogen) atoms. The van der Waals surface area contributed by atoms with Crippen LogP contribution in [0.25, 0.3) is 0 Å². The van der Waals surface area contributed by atoms with Crippen LogP contribution in [-0.4, -0.2) is 62.7 Å². The van der Waals surface area contributed by atoms with Crippen molar-refractivity contribution in [2.45, 2.75) is 46.7 Å². The zero-order chi connectivity index (χ0) is 31.0. The van der Waals surface area contributed by atoms with Crippen molar-refractivity contribution in [2.24, 2.45) is 5.92 Å². The third-order valence-electron chi connectivity index (χ3n) is 6.87. The van der Waals surface area contributed by atoms with Crippen LogP contribution in [0.5, 0.6) is 0 Å². The highest BCUT2D eigenvalue weighted by Crippen LogP contribution is 2.26. The Labute approximate surface area is 249 Å². The van der Waals surface area contributed by atoms with Crippen LogP contribution in [0.3, 0.4) is 0 Å². The molecule has 2 amide bonds. The fraction of sp³-hybridized carbons (Fsp3) is 0.375. The molecule has 226 valence electrons. The molecule has 0 spiro atoms. The molecule has 1 atom stereocenters. The standard InChI is InChI=1S/C32H41FN4O4S/c1-23(2)20-34-32(39)30(19-26-10-8-7-9-11-26)36(21-27-14-16-28(33)17-15-27)31(38)22-37(42(40,41)35(5)6)29-18-24(3)12-13-25(29)4/h7-18,23,30H,19-22H2,1-6H3,(H,34,39)/t30-/m0/s1. The maximum atomic E-state index is 14.3. The Hall–Kier alpha value is -3.76. The molecule has 0 saturated carbocycles. The SMILES string of the molecule is Cc1ccc(C)c(N(CC(=O)N(Cc2ccc(F)cc2)[C@@H](Cc2ccccc2)C(=O)NCC(C)C)S(=O)(=O)N(C)C)c1. The highest BCUT2D eigenvalue weighted by atomic mass is 32.2. The molecule has 0 fully saturated rings. The topological polar surface area (TPSA) is 90.0 Å². The summed E-state index contributed by atoms with van der Waals surface area (Å²) in [6.45, 7) is 7.44. The van der Waals surface area contributed by atoms with Crippen LogP contribution in [0.2, 0.25) is 0 Å². The number of hydrogen-bond acceptors (Lipinski definition) is 4. The van der Waals surface area contributed by atoms with E-state index in [1.807, 2.05) is 57.2 Å². The number of carbonyl (C=O) groups is 2.